The second kappa shape index (κ2) is 8.19. The Bertz CT molecular complexity index is 799. The van der Waals surface area contributed by atoms with Gasteiger partial charge < -0.3 is 9.15 Å². The average molecular weight is 375 g/mol. The maximum absolute atomic E-state index is 12.6. The minimum atomic E-state index is -0.392. The molecular formula is C19H19ClN2O4. The van der Waals surface area contributed by atoms with Crippen molar-refractivity contribution in [3.05, 3.63) is 59.0 Å². The summed E-state index contributed by atoms with van der Waals surface area (Å²) in [7, 11) is 0. The number of hydrogen-bond acceptors (Lipinski definition) is 5. The van der Waals surface area contributed by atoms with Crippen molar-refractivity contribution in [2.75, 3.05) is 6.61 Å². The molecule has 2 aromatic rings. The summed E-state index contributed by atoms with van der Waals surface area (Å²) in [4.78, 5) is 24.1. The number of benzene rings is 1. The largest absolute Gasteiger partial charge is 0.467 e. The summed E-state index contributed by atoms with van der Waals surface area (Å²) in [5, 5.41) is 6.42. The quantitative estimate of drug-likeness (QED) is 0.717. The minimum absolute atomic E-state index is 0.286. The molecular weight excluding hydrogens is 356 g/mol. The molecule has 3 rings (SSSR count). The Morgan fingerprint density at radius 3 is 2.73 bits per heavy atom. The number of esters is 1. The number of hydrogen-bond donors (Lipinski definition) is 0. The van der Waals surface area contributed by atoms with E-state index in [0.29, 0.717) is 23.6 Å². The number of rotatable bonds is 6. The molecule has 1 aliphatic heterocycles. The van der Waals surface area contributed by atoms with Crippen LogP contribution in [0.1, 0.15) is 43.6 Å². The molecule has 1 unspecified atom stereocenters. The van der Waals surface area contributed by atoms with E-state index in [4.69, 9.17) is 20.8 Å². The lowest BCUT2D eigenvalue weighted by molar-refractivity contribution is -0.153. The first-order valence-electron chi connectivity index (χ1n) is 8.43. The van der Waals surface area contributed by atoms with E-state index in [2.05, 4.69) is 5.10 Å². The molecule has 6 nitrogen and oxygen atoms in total. The lowest BCUT2D eigenvalue weighted by Gasteiger charge is -2.19. The minimum Gasteiger partial charge on any atom is -0.467 e. The molecule has 0 saturated heterocycles. The summed E-state index contributed by atoms with van der Waals surface area (Å²) in [6.07, 6.45) is 3.02. The van der Waals surface area contributed by atoms with Gasteiger partial charge in [0.1, 0.15) is 11.8 Å². The first-order valence-corrected chi connectivity index (χ1v) is 8.80. The van der Waals surface area contributed by atoms with Gasteiger partial charge in [0.25, 0.3) is 5.91 Å². The third kappa shape index (κ3) is 4.14. The molecule has 0 radical (unpaired) electrons. The topological polar surface area (TPSA) is 72.1 Å². The van der Waals surface area contributed by atoms with Crippen LogP contribution >= 0.6 is 11.6 Å². The van der Waals surface area contributed by atoms with Crippen LogP contribution < -0.4 is 0 Å². The van der Waals surface area contributed by atoms with Gasteiger partial charge in [0.2, 0.25) is 0 Å². The molecule has 0 fully saturated rings. The van der Waals surface area contributed by atoms with Crippen molar-refractivity contribution in [1.29, 1.82) is 0 Å². The van der Waals surface area contributed by atoms with Gasteiger partial charge in [-0.2, -0.15) is 5.10 Å². The highest BCUT2D eigenvalue weighted by molar-refractivity contribution is 6.30. The highest BCUT2D eigenvalue weighted by Gasteiger charge is 2.35. The Morgan fingerprint density at radius 2 is 2.08 bits per heavy atom. The maximum Gasteiger partial charge on any atom is 0.306 e. The molecule has 0 N–H and O–H groups in total. The fraction of sp³-hybridized carbons (Fsp3) is 0.316. The van der Waals surface area contributed by atoms with E-state index in [0.717, 1.165) is 11.3 Å². The predicted molar refractivity (Wildman–Crippen MR) is 96.8 cm³/mol. The number of hydrazone groups is 1. The number of amides is 1. The van der Waals surface area contributed by atoms with Crippen molar-refractivity contribution in [2.24, 2.45) is 5.10 Å². The second-order valence-corrected chi connectivity index (χ2v) is 6.37. The Morgan fingerprint density at radius 1 is 1.31 bits per heavy atom. The van der Waals surface area contributed by atoms with Gasteiger partial charge in [0.15, 0.2) is 6.61 Å². The number of carbonyl (C=O) groups excluding carboxylic acids is 2. The van der Waals surface area contributed by atoms with Crippen molar-refractivity contribution >= 4 is 29.2 Å². The Balaban J connectivity index is 1.79. The summed E-state index contributed by atoms with van der Waals surface area (Å²) in [5.74, 6) is -0.151. The molecule has 0 aliphatic carbocycles. The van der Waals surface area contributed by atoms with Crippen LogP contribution in [0.3, 0.4) is 0 Å². The fourth-order valence-electron chi connectivity index (χ4n) is 2.74. The van der Waals surface area contributed by atoms with Crippen molar-refractivity contribution < 1.29 is 18.7 Å². The Labute approximate surface area is 156 Å². The zero-order valence-electron chi connectivity index (χ0n) is 14.4. The van der Waals surface area contributed by atoms with Crippen LogP contribution in [-0.4, -0.2) is 29.2 Å². The van der Waals surface area contributed by atoms with Crippen molar-refractivity contribution in [1.82, 2.24) is 5.01 Å². The van der Waals surface area contributed by atoms with Crippen LogP contribution in [-0.2, 0) is 14.3 Å². The van der Waals surface area contributed by atoms with Crippen molar-refractivity contribution in [3.8, 4) is 0 Å². The van der Waals surface area contributed by atoms with Crippen molar-refractivity contribution in [2.45, 2.75) is 32.2 Å². The first-order chi connectivity index (χ1) is 12.6. The molecule has 1 amide bonds. The molecule has 0 bridgehead atoms. The van der Waals surface area contributed by atoms with Crippen molar-refractivity contribution in [3.63, 3.8) is 0 Å². The van der Waals surface area contributed by atoms with E-state index in [1.54, 1.807) is 30.5 Å². The summed E-state index contributed by atoms with van der Waals surface area (Å²) in [5.41, 5.74) is 1.63. The highest BCUT2D eigenvalue weighted by atomic mass is 35.5. The number of furan rings is 1. The molecule has 26 heavy (non-hydrogen) atoms. The predicted octanol–water partition coefficient (Wildman–Crippen LogP) is 3.95. The SMILES string of the molecule is CCCC(=O)OCC(=O)N1N=C(c2ccc(Cl)cc2)CC1c1ccco1. The highest BCUT2D eigenvalue weighted by Crippen LogP contribution is 2.33. The van der Waals surface area contributed by atoms with Gasteiger partial charge in [0.05, 0.1) is 12.0 Å². The summed E-state index contributed by atoms with van der Waals surface area (Å²) in [6.45, 7) is 1.53. The van der Waals surface area contributed by atoms with Crippen LogP contribution in [0.2, 0.25) is 5.02 Å². The standard InChI is InChI=1S/C19H19ClN2O4/c1-2-4-19(24)26-12-18(23)22-16(17-5-3-10-25-17)11-15(21-22)13-6-8-14(20)9-7-13/h3,5-10,16H,2,4,11-12H2,1H3. The number of nitrogens with zero attached hydrogens (tertiary/aromatic N) is 2. The van der Waals surface area contributed by atoms with Crippen LogP contribution in [0.25, 0.3) is 0 Å². The van der Waals surface area contributed by atoms with E-state index in [1.165, 1.54) is 5.01 Å². The van der Waals surface area contributed by atoms with E-state index in [-0.39, 0.29) is 25.0 Å². The number of carbonyl (C=O) groups is 2. The van der Waals surface area contributed by atoms with Gasteiger partial charge in [-0.25, -0.2) is 5.01 Å². The number of halogens is 1. The number of ether oxygens (including phenoxy) is 1. The third-order valence-electron chi connectivity index (χ3n) is 4.03. The van der Waals surface area contributed by atoms with E-state index in [1.807, 2.05) is 19.1 Å². The Kier molecular flexibility index (Phi) is 5.73. The van der Waals surface area contributed by atoms with Gasteiger partial charge >= 0.3 is 5.97 Å². The van der Waals surface area contributed by atoms with Gasteiger partial charge in [-0.15, -0.1) is 0 Å². The molecule has 1 aromatic carbocycles. The van der Waals surface area contributed by atoms with E-state index >= 15 is 0 Å². The van der Waals surface area contributed by atoms with Gasteiger partial charge in [-0.1, -0.05) is 30.7 Å². The smallest absolute Gasteiger partial charge is 0.306 e. The van der Waals surface area contributed by atoms with Gasteiger partial charge in [-0.3, -0.25) is 9.59 Å². The van der Waals surface area contributed by atoms with E-state index < -0.39 is 5.97 Å². The zero-order chi connectivity index (χ0) is 18.5. The monoisotopic (exact) mass is 374 g/mol. The van der Waals surface area contributed by atoms with Gasteiger partial charge in [-0.05, 0) is 36.2 Å². The average Bonchev–Trinajstić information content (AvgIpc) is 3.30. The summed E-state index contributed by atoms with van der Waals surface area (Å²) < 4.78 is 10.5. The Hall–Kier alpha value is -2.60. The molecule has 136 valence electrons. The molecule has 0 saturated carbocycles. The fourth-order valence-corrected chi connectivity index (χ4v) is 2.87. The normalized spacial score (nSPS) is 16.5. The summed E-state index contributed by atoms with van der Waals surface area (Å²) in [6, 6.07) is 10.5. The molecule has 2 heterocycles. The first kappa shape index (κ1) is 18.2. The molecule has 7 heteroatoms. The van der Waals surface area contributed by atoms with Crippen LogP contribution in [0.4, 0.5) is 0 Å². The van der Waals surface area contributed by atoms with Crippen LogP contribution in [0, 0.1) is 0 Å². The lowest BCUT2D eigenvalue weighted by Crippen LogP contribution is -2.31. The second-order valence-electron chi connectivity index (χ2n) is 5.94. The maximum atomic E-state index is 12.6. The lowest BCUT2D eigenvalue weighted by atomic mass is 10.0. The molecule has 1 atom stereocenters. The molecule has 1 aliphatic rings. The zero-order valence-corrected chi connectivity index (χ0v) is 15.1. The van der Waals surface area contributed by atoms with Gasteiger partial charge in [0, 0.05) is 17.9 Å². The summed E-state index contributed by atoms with van der Waals surface area (Å²) >= 11 is 5.94. The molecule has 0 spiro atoms. The third-order valence-corrected chi connectivity index (χ3v) is 4.28. The van der Waals surface area contributed by atoms with E-state index in [9.17, 15) is 9.59 Å². The molecule has 1 aromatic heterocycles. The van der Waals surface area contributed by atoms with Crippen LogP contribution in [0.5, 0.6) is 0 Å². The van der Waals surface area contributed by atoms with Crippen LogP contribution in [0.15, 0.2) is 52.2 Å².